The van der Waals surface area contributed by atoms with Crippen molar-refractivity contribution in [2.45, 2.75) is 0 Å². The number of hydrogen-bond acceptors (Lipinski definition) is 2. The van der Waals surface area contributed by atoms with Gasteiger partial charge in [-0.2, -0.15) is 0 Å². The van der Waals surface area contributed by atoms with Gasteiger partial charge in [0.15, 0.2) is 0 Å². The minimum atomic E-state index is 0.0129. The van der Waals surface area contributed by atoms with Gasteiger partial charge in [-0.15, -0.1) is 0 Å². The van der Waals surface area contributed by atoms with Crippen molar-refractivity contribution in [1.82, 2.24) is 9.97 Å². The van der Waals surface area contributed by atoms with Gasteiger partial charge in [0.1, 0.15) is 16.5 Å². The summed E-state index contributed by atoms with van der Waals surface area (Å²) >= 11 is 35.6. The Kier molecular flexibility index (Phi) is 4.48. The van der Waals surface area contributed by atoms with E-state index < -0.39 is 0 Å². The van der Waals surface area contributed by atoms with Crippen LogP contribution in [0.2, 0.25) is 30.3 Å². The molecule has 2 aromatic rings. The molecular weight excluding hydrogens is 361 g/mol. The SMILES string of the molecule is Clc1ccnc(-c2nc(Cl)c(Cl)c(Cl)c2Cl)c1Cl. The van der Waals surface area contributed by atoms with Crippen molar-refractivity contribution in [3.63, 3.8) is 0 Å². The molecule has 0 bridgehead atoms. The van der Waals surface area contributed by atoms with Crippen molar-refractivity contribution in [1.29, 1.82) is 0 Å². The molecule has 2 rings (SSSR count). The lowest BCUT2D eigenvalue weighted by Crippen LogP contribution is -1.93. The fraction of sp³-hybridized carbons (Fsp3) is 0. The third-order valence-electron chi connectivity index (χ3n) is 2.05. The van der Waals surface area contributed by atoms with Gasteiger partial charge in [-0.25, -0.2) is 4.98 Å². The average molecular weight is 363 g/mol. The van der Waals surface area contributed by atoms with Crippen molar-refractivity contribution in [2.24, 2.45) is 0 Å². The number of pyridine rings is 2. The molecule has 94 valence electrons. The minimum Gasteiger partial charge on any atom is -0.253 e. The summed E-state index contributed by atoms with van der Waals surface area (Å²) in [5.41, 5.74) is 0.512. The van der Waals surface area contributed by atoms with Gasteiger partial charge in [-0.3, -0.25) is 4.98 Å². The maximum Gasteiger partial charge on any atom is 0.150 e. The molecule has 8 heteroatoms. The predicted octanol–water partition coefficient (Wildman–Crippen LogP) is 6.06. The molecule has 0 aromatic carbocycles. The number of nitrogens with zero attached hydrogens (tertiary/aromatic N) is 2. The molecule has 0 spiro atoms. The quantitative estimate of drug-likeness (QED) is 0.576. The first-order chi connectivity index (χ1) is 8.43. The van der Waals surface area contributed by atoms with Crippen LogP contribution in [0.4, 0.5) is 0 Å². The highest BCUT2D eigenvalue weighted by molar-refractivity contribution is 6.52. The van der Waals surface area contributed by atoms with Crippen LogP contribution in [0.5, 0.6) is 0 Å². The molecular formula is C10H2Cl6N2. The topological polar surface area (TPSA) is 25.8 Å². The molecule has 0 aliphatic heterocycles. The lowest BCUT2D eigenvalue weighted by molar-refractivity contribution is 1.25. The van der Waals surface area contributed by atoms with Crippen LogP contribution in [-0.2, 0) is 0 Å². The van der Waals surface area contributed by atoms with E-state index in [1.54, 1.807) is 6.07 Å². The first kappa shape index (κ1) is 14.4. The summed E-state index contributed by atoms with van der Waals surface area (Å²) in [7, 11) is 0. The second-order valence-electron chi connectivity index (χ2n) is 3.15. The average Bonchev–Trinajstić information content (AvgIpc) is 2.35. The van der Waals surface area contributed by atoms with Gasteiger partial charge >= 0.3 is 0 Å². The zero-order valence-electron chi connectivity index (χ0n) is 8.32. The molecule has 0 radical (unpaired) electrons. The maximum atomic E-state index is 6.05. The summed E-state index contributed by atoms with van der Waals surface area (Å²) in [6.45, 7) is 0. The first-order valence-corrected chi connectivity index (χ1v) is 6.70. The predicted molar refractivity (Wildman–Crippen MR) is 77.5 cm³/mol. The Morgan fingerprint density at radius 1 is 0.722 bits per heavy atom. The zero-order valence-corrected chi connectivity index (χ0v) is 12.9. The van der Waals surface area contributed by atoms with E-state index >= 15 is 0 Å². The van der Waals surface area contributed by atoms with E-state index in [0.29, 0.717) is 5.02 Å². The van der Waals surface area contributed by atoms with E-state index in [4.69, 9.17) is 69.6 Å². The number of aromatic nitrogens is 2. The Morgan fingerprint density at radius 3 is 2.06 bits per heavy atom. The Balaban J connectivity index is 2.76. The van der Waals surface area contributed by atoms with E-state index in [1.165, 1.54) is 6.20 Å². The lowest BCUT2D eigenvalue weighted by atomic mass is 10.2. The van der Waals surface area contributed by atoms with Crippen LogP contribution in [0, 0.1) is 0 Å². The van der Waals surface area contributed by atoms with Crippen molar-refractivity contribution in [3.8, 4) is 11.4 Å². The zero-order chi connectivity index (χ0) is 13.4. The summed E-state index contributed by atoms with van der Waals surface area (Å²) in [4.78, 5) is 8.08. The number of rotatable bonds is 1. The van der Waals surface area contributed by atoms with Crippen LogP contribution in [0.3, 0.4) is 0 Å². The van der Waals surface area contributed by atoms with E-state index in [-0.39, 0.29) is 36.6 Å². The molecule has 0 amide bonds. The molecule has 0 aliphatic carbocycles. The van der Waals surface area contributed by atoms with Crippen molar-refractivity contribution in [3.05, 3.63) is 42.5 Å². The van der Waals surface area contributed by atoms with Gasteiger partial charge in [0.05, 0.1) is 25.1 Å². The fourth-order valence-corrected chi connectivity index (χ4v) is 2.39. The Bertz CT molecular complexity index is 628. The fourth-order valence-electron chi connectivity index (χ4n) is 1.23. The third kappa shape index (κ3) is 2.51. The molecule has 2 nitrogen and oxygen atoms in total. The van der Waals surface area contributed by atoms with Crippen molar-refractivity contribution in [2.75, 3.05) is 0 Å². The molecule has 0 fully saturated rings. The van der Waals surface area contributed by atoms with Crippen molar-refractivity contribution < 1.29 is 0 Å². The second-order valence-corrected chi connectivity index (χ2v) is 5.43. The monoisotopic (exact) mass is 360 g/mol. The number of halogens is 6. The summed E-state index contributed by atoms with van der Waals surface area (Å²) in [6, 6.07) is 1.54. The van der Waals surface area contributed by atoms with Gasteiger partial charge in [-0.05, 0) is 6.07 Å². The maximum absolute atomic E-state index is 6.05. The minimum absolute atomic E-state index is 0.0129. The molecule has 2 aromatic heterocycles. The van der Waals surface area contributed by atoms with E-state index in [0.717, 1.165) is 0 Å². The highest BCUT2D eigenvalue weighted by atomic mass is 35.5. The third-order valence-corrected chi connectivity index (χ3v) is 4.52. The summed E-state index contributed by atoms with van der Waals surface area (Å²) in [6.07, 6.45) is 1.47. The Hall–Kier alpha value is 0.0400. The highest BCUT2D eigenvalue weighted by Crippen LogP contribution is 2.42. The summed E-state index contributed by atoms with van der Waals surface area (Å²) in [5, 5.41) is 0.822. The first-order valence-electron chi connectivity index (χ1n) is 4.43. The van der Waals surface area contributed by atoms with Gasteiger partial charge in [0, 0.05) is 6.20 Å². The van der Waals surface area contributed by atoms with Crippen LogP contribution in [0.1, 0.15) is 0 Å². The standard InChI is InChI=1S/C10H2Cl6N2/c11-3-1-2-17-8(4(3)12)9-6(14)5(13)7(15)10(16)18-9/h1-2H. The van der Waals surface area contributed by atoms with Crippen LogP contribution < -0.4 is 0 Å². The largest absolute Gasteiger partial charge is 0.253 e. The Labute approximate surface area is 133 Å². The van der Waals surface area contributed by atoms with E-state index in [2.05, 4.69) is 9.97 Å². The molecule has 0 atom stereocenters. The molecule has 0 unspecified atom stereocenters. The van der Waals surface area contributed by atoms with E-state index in [1.807, 2.05) is 0 Å². The molecule has 18 heavy (non-hydrogen) atoms. The normalized spacial score (nSPS) is 10.8. The molecule has 0 N–H and O–H groups in total. The van der Waals surface area contributed by atoms with Crippen molar-refractivity contribution >= 4 is 69.6 Å². The van der Waals surface area contributed by atoms with Crippen LogP contribution >= 0.6 is 69.6 Å². The smallest absolute Gasteiger partial charge is 0.150 e. The van der Waals surface area contributed by atoms with Crippen LogP contribution in [0.25, 0.3) is 11.4 Å². The molecule has 2 heterocycles. The van der Waals surface area contributed by atoms with Crippen LogP contribution in [-0.4, -0.2) is 9.97 Å². The van der Waals surface area contributed by atoms with Gasteiger partial charge < -0.3 is 0 Å². The highest BCUT2D eigenvalue weighted by Gasteiger charge is 2.19. The van der Waals surface area contributed by atoms with Crippen LogP contribution in [0.15, 0.2) is 12.3 Å². The van der Waals surface area contributed by atoms with Gasteiger partial charge in [0.2, 0.25) is 0 Å². The number of hydrogen-bond donors (Lipinski definition) is 0. The lowest BCUT2D eigenvalue weighted by Gasteiger charge is -2.09. The molecule has 0 saturated heterocycles. The summed E-state index contributed by atoms with van der Waals surface area (Å²) < 4.78 is 0. The van der Waals surface area contributed by atoms with E-state index in [9.17, 15) is 0 Å². The second kappa shape index (κ2) is 5.58. The van der Waals surface area contributed by atoms with Gasteiger partial charge in [-0.1, -0.05) is 69.6 Å². The molecule has 0 saturated carbocycles. The van der Waals surface area contributed by atoms with Gasteiger partial charge in [0.25, 0.3) is 0 Å². The Morgan fingerprint density at radius 2 is 1.39 bits per heavy atom. The summed E-state index contributed by atoms with van der Waals surface area (Å²) in [5.74, 6) is 0. The molecule has 0 aliphatic rings.